The SMILES string of the molecule is Cc1cccc(CC(=O)c2scnc2C)c1. The van der Waals surface area contributed by atoms with Crippen LogP contribution in [-0.4, -0.2) is 10.8 Å². The lowest BCUT2D eigenvalue weighted by molar-refractivity contribution is 0.0996. The number of hydrogen-bond donors (Lipinski definition) is 0. The fourth-order valence-corrected chi connectivity index (χ4v) is 2.40. The second-order valence-electron chi connectivity index (χ2n) is 3.86. The zero-order valence-corrected chi connectivity index (χ0v) is 10.2. The van der Waals surface area contributed by atoms with Crippen LogP contribution in [0.5, 0.6) is 0 Å². The van der Waals surface area contributed by atoms with Gasteiger partial charge >= 0.3 is 0 Å². The van der Waals surface area contributed by atoms with Gasteiger partial charge in [0.15, 0.2) is 5.78 Å². The normalized spacial score (nSPS) is 10.4. The van der Waals surface area contributed by atoms with Crippen LogP contribution >= 0.6 is 11.3 Å². The Morgan fingerprint density at radius 2 is 2.19 bits per heavy atom. The van der Waals surface area contributed by atoms with Gasteiger partial charge in [-0.3, -0.25) is 4.79 Å². The van der Waals surface area contributed by atoms with E-state index in [1.54, 1.807) is 5.51 Å². The number of nitrogens with zero attached hydrogens (tertiary/aromatic N) is 1. The predicted molar refractivity (Wildman–Crippen MR) is 66.1 cm³/mol. The summed E-state index contributed by atoms with van der Waals surface area (Å²) in [6.07, 6.45) is 0.463. The molecule has 0 radical (unpaired) electrons. The van der Waals surface area contributed by atoms with Crippen molar-refractivity contribution in [3.8, 4) is 0 Å². The van der Waals surface area contributed by atoms with Gasteiger partial charge in [0, 0.05) is 6.42 Å². The van der Waals surface area contributed by atoms with Gasteiger partial charge < -0.3 is 0 Å². The van der Waals surface area contributed by atoms with Crippen molar-refractivity contribution in [1.29, 1.82) is 0 Å². The molecule has 0 unspecified atom stereocenters. The molecule has 16 heavy (non-hydrogen) atoms. The molecule has 0 bridgehead atoms. The third-order valence-electron chi connectivity index (χ3n) is 2.45. The van der Waals surface area contributed by atoms with Crippen molar-refractivity contribution in [1.82, 2.24) is 4.98 Å². The lowest BCUT2D eigenvalue weighted by Gasteiger charge is -2.01. The summed E-state index contributed by atoms with van der Waals surface area (Å²) in [6.45, 7) is 3.91. The maximum Gasteiger partial charge on any atom is 0.179 e. The Hall–Kier alpha value is -1.48. The number of aryl methyl sites for hydroxylation is 2. The van der Waals surface area contributed by atoms with Gasteiger partial charge in [0.2, 0.25) is 0 Å². The van der Waals surface area contributed by atoms with Crippen molar-refractivity contribution < 1.29 is 4.79 Å². The standard InChI is InChI=1S/C13H13NOS/c1-9-4-3-5-11(6-9)7-12(15)13-10(2)14-8-16-13/h3-6,8H,7H2,1-2H3. The second-order valence-corrected chi connectivity index (χ2v) is 4.71. The number of rotatable bonds is 3. The van der Waals surface area contributed by atoms with Gasteiger partial charge in [-0.1, -0.05) is 29.8 Å². The maximum atomic E-state index is 12.0. The first-order chi connectivity index (χ1) is 7.66. The smallest absolute Gasteiger partial charge is 0.179 e. The largest absolute Gasteiger partial charge is 0.293 e. The van der Waals surface area contributed by atoms with Gasteiger partial charge in [-0.15, -0.1) is 11.3 Å². The minimum Gasteiger partial charge on any atom is -0.293 e. The lowest BCUT2D eigenvalue weighted by Crippen LogP contribution is -2.03. The van der Waals surface area contributed by atoms with Gasteiger partial charge in [-0.2, -0.15) is 0 Å². The Kier molecular flexibility index (Phi) is 3.15. The molecule has 0 saturated carbocycles. The van der Waals surface area contributed by atoms with Crippen LogP contribution < -0.4 is 0 Å². The molecule has 1 aromatic heterocycles. The number of thiazole rings is 1. The number of Topliss-reactive ketones (excluding diaryl/α,β-unsaturated/α-hetero) is 1. The quantitative estimate of drug-likeness (QED) is 0.759. The minimum atomic E-state index is 0.158. The minimum absolute atomic E-state index is 0.158. The van der Waals surface area contributed by atoms with Gasteiger partial charge in [0.1, 0.15) is 0 Å². The second kappa shape index (κ2) is 4.58. The summed E-state index contributed by atoms with van der Waals surface area (Å²) in [5.74, 6) is 0.158. The fourth-order valence-electron chi connectivity index (χ4n) is 1.66. The Morgan fingerprint density at radius 3 is 2.81 bits per heavy atom. The van der Waals surface area contributed by atoms with Crippen molar-refractivity contribution in [2.75, 3.05) is 0 Å². The first kappa shape index (κ1) is 11.0. The van der Waals surface area contributed by atoms with Gasteiger partial charge in [0.05, 0.1) is 16.1 Å². The summed E-state index contributed by atoms with van der Waals surface area (Å²) in [6, 6.07) is 8.05. The zero-order valence-electron chi connectivity index (χ0n) is 9.36. The number of benzene rings is 1. The van der Waals surface area contributed by atoms with Crippen molar-refractivity contribution >= 4 is 17.1 Å². The molecule has 0 aliphatic rings. The Balaban J connectivity index is 2.17. The first-order valence-corrected chi connectivity index (χ1v) is 6.03. The highest BCUT2D eigenvalue weighted by Crippen LogP contribution is 2.16. The zero-order chi connectivity index (χ0) is 11.5. The molecule has 82 valence electrons. The molecule has 0 atom stereocenters. The van der Waals surface area contributed by atoms with Crippen molar-refractivity contribution in [2.45, 2.75) is 20.3 Å². The van der Waals surface area contributed by atoms with Crippen LogP contribution in [0, 0.1) is 13.8 Å². The average Bonchev–Trinajstić information content (AvgIpc) is 2.64. The monoisotopic (exact) mass is 231 g/mol. The molecule has 0 fully saturated rings. The van der Waals surface area contributed by atoms with Crippen LogP contribution in [0.1, 0.15) is 26.5 Å². The highest BCUT2D eigenvalue weighted by Gasteiger charge is 2.12. The Labute approximate surface area is 99.0 Å². The Morgan fingerprint density at radius 1 is 1.38 bits per heavy atom. The molecule has 0 spiro atoms. The molecule has 0 N–H and O–H groups in total. The van der Waals surface area contributed by atoms with Crippen LogP contribution in [0.25, 0.3) is 0 Å². The average molecular weight is 231 g/mol. The van der Waals surface area contributed by atoms with Crippen molar-refractivity contribution in [3.05, 3.63) is 51.5 Å². The van der Waals surface area contributed by atoms with Crippen molar-refractivity contribution in [3.63, 3.8) is 0 Å². The van der Waals surface area contributed by atoms with E-state index >= 15 is 0 Å². The molecule has 2 nitrogen and oxygen atoms in total. The molecular weight excluding hydrogens is 218 g/mol. The van der Waals surface area contributed by atoms with E-state index in [2.05, 4.69) is 4.98 Å². The lowest BCUT2D eigenvalue weighted by atomic mass is 10.1. The maximum absolute atomic E-state index is 12.0. The summed E-state index contributed by atoms with van der Waals surface area (Å²) in [5.41, 5.74) is 4.81. The summed E-state index contributed by atoms with van der Waals surface area (Å²) >= 11 is 1.42. The van der Waals surface area contributed by atoms with E-state index in [1.165, 1.54) is 16.9 Å². The highest BCUT2D eigenvalue weighted by atomic mass is 32.1. The Bertz CT molecular complexity index is 516. The number of ketones is 1. The van der Waals surface area contributed by atoms with Crippen LogP contribution in [-0.2, 0) is 6.42 Å². The van der Waals surface area contributed by atoms with Crippen LogP contribution in [0.3, 0.4) is 0 Å². The molecular formula is C13H13NOS. The van der Waals surface area contributed by atoms with E-state index in [4.69, 9.17) is 0 Å². The first-order valence-electron chi connectivity index (χ1n) is 5.15. The molecule has 2 aromatic rings. The van der Waals surface area contributed by atoms with E-state index in [0.717, 1.165) is 16.1 Å². The van der Waals surface area contributed by atoms with E-state index in [0.29, 0.717) is 6.42 Å². The molecule has 1 heterocycles. The van der Waals surface area contributed by atoms with Gasteiger partial charge in [-0.05, 0) is 19.4 Å². The number of carbonyl (C=O) groups is 1. The topological polar surface area (TPSA) is 30.0 Å². The van der Waals surface area contributed by atoms with E-state index < -0.39 is 0 Å². The van der Waals surface area contributed by atoms with Crippen LogP contribution in [0.2, 0.25) is 0 Å². The number of hydrogen-bond acceptors (Lipinski definition) is 3. The third kappa shape index (κ3) is 2.36. The van der Waals surface area contributed by atoms with E-state index in [-0.39, 0.29) is 5.78 Å². The molecule has 0 saturated heterocycles. The highest BCUT2D eigenvalue weighted by molar-refractivity contribution is 7.11. The van der Waals surface area contributed by atoms with E-state index in [1.807, 2.05) is 38.1 Å². The fraction of sp³-hybridized carbons (Fsp3) is 0.231. The summed E-state index contributed by atoms with van der Waals surface area (Å²) in [5, 5.41) is 0. The molecule has 1 aromatic carbocycles. The predicted octanol–water partition coefficient (Wildman–Crippen LogP) is 3.19. The van der Waals surface area contributed by atoms with Crippen LogP contribution in [0.15, 0.2) is 29.8 Å². The molecule has 3 heteroatoms. The van der Waals surface area contributed by atoms with Crippen LogP contribution in [0.4, 0.5) is 0 Å². The molecule has 0 aliphatic heterocycles. The third-order valence-corrected chi connectivity index (χ3v) is 3.42. The summed E-state index contributed by atoms with van der Waals surface area (Å²) in [7, 11) is 0. The van der Waals surface area contributed by atoms with Gasteiger partial charge in [-0.25, -0.2) is 4.98 Å². The van der Waals surface area contributed by atoms with E-state index in [9.17, 15) is 4.79 Å². The molecule has 0 aliphatic carbocycles. The van der Waals surface area contributed by atoms with Gasteiger partial charge in [0.25, 0.3) is 0 Å². The summed E-state index contributed by atoms with van der Waals surface area (Å²) in [4.78, 5) is 16.9. The summed E-state index contributed by atoms with van der Waals surface area (Å²) < 4.78 is 0. The van der Waals surface area contributed by atoms with Crippen molar-refractivity contribution in [2.24, 2.45) is 0 Å². The molecule has 0 amide bonds. The number of carbonyl (C=O) groups excluding carboxylic acids is 1. The number of aromatic nitrogens is 1. The molecule has 2 rings (SSSR count).